The van der Waals surface area contributed by atoms with E-state index < -0.39 is 0 Å². The zero-order valence-corrected chi connectivity index (χ0v) is 22.2. The number of nitriles is 1. The van der Waals surface area contributed by atoms with Crippen LogP contribution in [0.4, 0.5) is 0 Å². The standard InChI is InChI=1S/C30H49NO4/c1-2-3-4-5-6-7-8-9-23-10-14-25(15-11-23)29(32)34-27-18-20-28(21-19-27)35-30(33)26-16-12-24(22-31)13-17-26/h23-28H,2-21H2,1H3. The molecule has 0 N–H and O–H groups in total. The van der Waals surface area contributed by atoms with Crippen molar-refractivity contribution in [2.75, 3.05) is 0 Å². The number of unbranched alkanes of at least 4 members (excludes halogenated alkanes) is 6. The third-order valence-electron chi connectivity index (χ3n) is 8.83. The zero-order valence-electron chi connectivity index (χ0n) is 22.2. The summed E-state index contributed by atoms with van der Waals surface area (Å²) in [6, 6.07) is 2.31. The Kier molecular flexibility index (Phi) is 12.4. The lowest BCUT2D eigenvalue weighted by Gasteiger charge is -2.32. The normalized spacial score (nSPS) is 31.3. The molecule has 3 aliphatic rings. The monoisotopic (exact) mass is 487 g/mol. The van der Waals surface area contributed by atoms with E-state index in [1.807, 2.05) is 0 Å². The Balaban J connectivity index is 1.24. The summed E-state index contributed by atoms with van der Waals surface area (Å²) in [5.74, 6) is 0.860. The third-order valence-corrected chi connectivity index (χ3v) is 8.83. The van der Waals surface area contributed by atoms with Gasteiger partial charge in [0.1, 0.15) is 12.2 Å². The number of rotatable bonds is 12. The molecule has 3 fully saturated rings. The first kappa shape index (κ1) is 28.0. The highest BCUT2D eigenvalue weighted by Gasteiger charge is 2.33. The minimum Gasteiger partial charge on any atom is -0.462 e. The molecule has 198 valence electrons. The van der Waals surface area contributed by atoms with E-state index in [1.165, 1.54) is 64.2 Å². The van der Waals surface area contributed by atoms with Gasteiger partial charge in [-0.25, -0.2) is 0 Å². The summed E-state index contributed by atoms with van der Waals surface area (Å²) in [5.41, 5.74) is 0. The predicted octanol–water partition coefficient (Wildman–Crippen LogP) is 7.66. The second kappa shape index (κ2) is 15.5. The van der Waals surface area contributed by atoms with Gasteiger partial charge >= 0.3 is 11.9 Å². The molecule has 0 spiro atoms. The fourth-order valence-electron chi connectivity index (χ4n) is 6.32. The van der Waals surface area contributed by atoms with Crippen molar-refractivity contribution < 1.29 is 19.1 Å². The molecule has 0 aromatic heterocycles. The molecule has 0 aliphatic heterocycles. The van der Waals surface area contributed by atoms with Crippen molar-refractivity contribution in [1.82, 2.24) is 0 Å². The van der Waals surface area contributed by atoms with Crippen molar-refractivity contribution in [3.63, 3.8) is 0 Å². The second-order valence-corrected chi connectivity index (χ2v) is 11.6. The van der Waals surface area contributed by atoms with Crippen LogP contribution in [0.1, 0.15) is 135 Å². The number of ether oxygens (including phenoxy) is 2. The van der Waals surface area contributed by atoms with Gasteiger partial charge in [-0.05, 0) is 83.0 Å². The summed E-state index contributed by atoms with van der Waals surface area (Å²) < 4.78 is 11.7. The maximum absolute atomic E-state index is 12.7. The summed E-state index contributed by atoms with van der Waals surface area (Å²) in [6.45, 7) is 2.27. The first-order chi connectivity index (χ1) is 17.1. The molecule has 3 aliphatic carbocycles. The number of carbonyl (C=O) groups excluding carboxylic acids is 2. The topological polar surface area (TPSA) is 76.4 Å². The van der Waals surface area contributed by atoms with Crippen LogP contribution in [0.3, 0.4) is 0 Å². The largest absolute Gasteiger partial charge is 0.462 e. The van der Waals surface area contributed by atoms with Crippen LogP contribution in [0.5, 0.6) is 0 Å². The molecule has 5 heteroatoms. The molecule has 0 unspecified atom stereocenters. The van der Waals surface area contributed by atoms with Gasteiger partial charge in [0.05, 0.1) is 17.9 Å². The molecule has 3 saturated carbocycles. The van der Waals surface area contributed by atoms with Crippen LogP contribution in [0.25, 0.3) is 0 Å². The number of hydrogen-bond donors (Lipinski definition) is 0. The highest BCUT2D eigenvalue weighted by Crippen LogP contribution is 2.35. The molecule has 0 saturated heterocycles. The molecule has 0 radical (unpaired) electrons. The predicted molar refractivity (Wildman–Crippen MR) is 137 cm³/mol. The quantitative estimate of drug-likeness (QED) is 0.209. The van der Waals surface area contributed by atoms with Crippen molar-refractivity contribution in [2.45, 2.75) is 148 Å². The molecule has 0 amide bonds. The van der Waals surface area contributed by atoms with Gasteiger partial charge in [-0.1, -0.05) is 58.3 Å². The number of nitrogens with zero attached hydrogens (tertiary/aromatic N) is 1. The Hall–Kier alpha value is -1.57. The van der Waals surface area contributed by atoms with Crippen molar-refractivity contribution >= 4 is 11.9 Å². The van der Waals surface area contributed by atoms with E-state index in [9.17, 15) is 9.59 Å². The van der Waals surface area contributed by atoms with Crippen LogP contribution in [-0.4, -0.2) is 24.1 Å². The van der Waals surface area contributed by atoms with Gasteiger partial charge in [-0.15, -0.1) is 0 Å². The summed E-state index contributed by atoms with van der Waals surface area (Å²) >= 11 is 0. The van der Waals surface area contributed by atoms with E-state index in [0.29, 0.717) is 0 Å². The van der Waals surface area contributed by atoms with Crippen molar-refractivity contribution in [2.24, 2.45) is 23.7 Å². The smallest absolute Gasteiger partial charge is 0.309 e. The number of esters is 2. The Morgan fingerprint density at radius 1 is 0.657 bits per heavy atom. The molecule has 0 bridgehead atoms. The lowest BCUT2D eigenvalue weighted by molar-refractivity contribution is -0.164. The molecular weight excluding hydrogens is 438 g/mol. The SMILES string of the molecule is CCCCCCCCCC1CCC(C(=O)OC2CCC(OC(=O)C3CCC(C#N)CC3)CC2)CC1. The molecule has 0 aromatic carbocycles. The highest BCUT2D eigenvalue weighted by atomic mass is 16.6. The minimum atomic E-state index is -0.0879. The van der Waals surface area contributed by atoms with Crippen molar-refractivity contribution in [1.29, 1.82) is 5.26 Å². The van der Waals surface area contributed by atoms with Crippen LogP contribution in [0.15, 0.2) is 0 Å². The van der Waals surface area contributed by atoms with Crippen LogP contribution < -0.4 is 0 Å². The van der Waals surface area contributed by atoms with Gasteiger partial charge < -0.3 is 9.47 Å². The van der Waals surface area contributed by atoms with Gasteiger partial charge in [0.2, 0.25) is 0 Å². The lowest BCUT2D eigenvalue weighted by atomic mass is 9.79. The maximum Gasteiger partial charge on any atom is 0.309 e. The molecule has 0 atom stereocenters. The number of hydrogen-bond acceptors (Lipinski definition) is 5. The minimum absolute atomic E-state index is 0.00840. The first-order valence-electron chi connectivity index (χ1n) is 14.9. The first-order valence-corrected chi connectivity index (χ1v) is 14.9. The van der Waals surface area contributed by atoms with Gasteiger partial charge in [0.15, 0.2) is 0 Å². The lowest BCUT2D eigenvalue weighted by Crippen LogP contribution is -2.34. The summed E-state index contributed by atoms with van der Waals surface area (Å²) in [4.78, 5) is 25.2. The molecule has 35 heavy (non-hydrogen) atoms. The fraction of sp³-hybridized carbons (Fsp3) is 0.900. The average Bonchev–Trinajstić information content (AvgIpc) is 2.89. The van der Waals surface area contributed by atoms with E-state index in [2.05, 4.69) is 13.0 Å². The van der Waals surface area contributed by atoms with E-state index in [1.54, 1.807) is 0 Å². The molecule has 0 heterocycles. The number of carbonyl (C=O) groups is 2. The fourth-order valence-corrected chi connectivity index (χ4v) is 6.32. The summed E-state index contributed by atoms with van der Waals surface area (Å²) in [7, 11) is 0. The van der Waals surface area contributed by atoms with Crippen LogP contribution in [0, 0.1) is 35.0 Å². The van der Waals surface area contributed by atoms with Gasteiger partial charge in [0, 0.05) is 5.92 Å². The molecule has 3 rings (SSSR count). The van der Waals surface area contributed by atoms with Crippen LogP contribution in [-0.2, 0) is 19.1 Å². The molecular formula is C30H49NO4. The highest BCUT2D eigenvalue weighted by molar-refractivity contribution is 5.73. The van der Waals surface area contributed by atoms with Crippen molar-refractivity contribution in [3.8, 4) is 6.07 Å². The molecule has 5 nitrogen and oxygen atoms in total. The van der Waals surface area contributed by atoms with Gasteiger partial charge in [0.25, 0.3) is 0 Å². The van der Waals surface area contributed by atoms with E-state index in [0.717, 1.165) is 70.1 Å². The Bertz CT molecular complexity index is 662. The van der Waals surface area contributed by atoms with Crippen molar-refractivity contribution in [3.05, 3.63) is 0 Å². The Labute approximate surface area is 213 Å². The van der Waals surface area contributed by atoms with Crippen LogP contribution in [0.2, 0.25) is 0 Å². The molecule has 0 aromatic rings. The Morgan fingerprint density at radius 2 is 1.11 bits per heavy atom. The summed E-state index contributed by atoms with van der Waals surface area (Å²) in [6.07, 6.45) is 21.4. The van der Waals surface area contributed by atoms with E-state index in [4.69, 9.17) is 14.7 Å². The van der Waals surface area contributed by atoms with E-state index in [-0.39, 0.29) is 41.9 Å². The third kappa shape index (κ3) is 9.77. The second-order valence-electron chi connectivity index (χ2n) is 11.6. The van der Waals surface area contributed by atoms with E-state index >= 15 is 0 Å². The zero-order chi connectivity index (χ0) is 24.9. The average molecular weight is 488 g/mol. The summed E-state index contributed by atoms with van der Waals surface area (Å²) in [5, 5.41) is 9.02. The van der Waals surface area contributed by atoms with Gasteiger partial charge in [-0.3, -0.25) is 9.59 Å². The maximum atomic E-state index is 12.7. The van der Waals surface area contributed by atoms with Gasteiger partial charge in [-0.2, -0.15) is 5.26 Å². The Morgan fingerprint density at radius 3 is 1.60 bits per heavy atom. The van der Waals surface area contributed by atoms with Crippen LogP contribution >= 0.6 is 0 Å².